The fraction of sp³-hybridized carbons (Fsp3) is 0.600. The third kappa shape index (κ3) is 4.14. The molecule has 2 heterocycles. The normalized spacial score (nSPS) is 20.8. The van der Waals surface area contributed by atoms with Crippen molar-refractivity contribution in [3.05, 3.63) is 16.0 Å². The molecule has 0 saturated carbocycles. The molecule has 1 fully saturated rings. The Morgan fingerprint density at radius 1 is 1.31 bits per heavy atom. The van der Waals surface area contributed by atoms with Gasteiger partial charge in [0.15, 0.2) is 0 Å². The molecule has 1 aliphatic carbocycles. The number of carbonyl (C=O) groups excluding carboxylic acids is 4. The first-order chi connectivity index (χ1) is 13.7. The van der Waals surface area contributed by atoms with Crippen molar-refractivity contribution in [2.24, 2.45) is 5.92 Å². The van der Waals surface area contributed by atoms with Gasteiger partial charge in [-0.1, -0.05) is 13.8 Å². The Kier molecular flexibility index (Phi) is 5.97. The maximum absolute atomic E-state index is 12.8. The van der Waals surface area contributed by atoms with Gasteiger partial charge in [-0.05, 0) is 50.5 Å². The smallest absolute Gasteiger partial charge is 0.341 e. The minimum Gasteiger partial charge on any atom is -0.465 e. The molecule has 2 aliphatic rings. The van der Waals surface area contributed by atoms with Crippen LogP contribution in [-0.4, -0.2) is 47.9 Å². The zero-order valence-corrected chi connectivity index (χ0v) is 18.0. The van der Waals surface area contributed by atoms with Gasteiger partial charge in [0, 0.05) is 4.88 Å². The lowest BCUT2D eigenvalue weighted by Crippen LogP contribution is -2.44. The fourth-order valence-electron chi connectivity index (χ4n) is 3.76. The van der Waals surface area contributed by atoms with Crippen LogP contribution in [0, 0.1) is 5.92 Å². The number of hydrogen-bond acceptors (Lipinski definition) is 6. The number of thiophene rings is 1. The summed E-state index contributed by atoms with van der Waals surface area (Å²) in [5.74, 6) is -1.02. The first kappa shape index (κ1) is 21.3. The summed E-state index contributed by atoms with van der Waals surface area (Å²) >= 11 is 1.35. The maximum atomic E-state index is 12.8. The number of carbonyl (C=O) groups is 4. The topological polar surface area (TPSA) is 105 Å². The van der Waals surface area contributed by atoms with E-state index in [9.17, 15) is 19.2 Å². The second-order valence-electron chi connectivity index (χ2n) is 8.19. The van der Waals surface area contributed by atoms with Gasteiger partial charge in [0.25, 0.3) is 5.91 Å². The molecule has 4 amide bonds. The van der Waals surface area contributed by atoms with Crippen LogP contribution in [0.25, 0.3) is 0 Å². The minimum absolute atomic E-state index is 0.386. The number of rotatable bonds is 7. The average molecular weight is 422 g/mol. The number of esters is 1. The highest BCUT2D eigenvalue weighted by atomic mass is 32.1. The van der Waals surface area contributed by atoms with Crippen LogP contribution in [0.5, 0.6) is 0 Å². The van der Waals surface area contributed by atoms with E-state index < -0.39 is 35.9 Å². The molecule has 0 radical (unpaired) electrons. The largest absolute Gasteiger partial charge is 0.465 e. The fourth-order valence-corrected chi connectivity index (χ4v) is 5.05. The number of nitrogens with one attached hydrogen (secondary N) is 2. The summed E-state index contributed by atoms with van der Waals surface area (Å²) in [5, 5.41) is 5.83. The van der Waals surface area contributed by atoms with Crippen LogP contribution in [0.15, 0.2) is 0 Å². The monoisotopic (exact) mass is 421 g/mol. The summed E-state index contributed by atoms with van der Waals surface area (Å²) in [5.41, 5.74) is 0.314. The van der Waals surface area contributed by atoms with Gasteiger partial charge >= 0.3 is 12.0 Å². The third-order valence-corrected chi connectivity index (χ3v) is 6.64. The van der Waals surface area contributed by atoms with E-state index in [-0.39, 0.29) is 0 Å². The summed E-state index contributed by atoms with van der Waals surface area (Å²) in [4.78, 5) is 51.9. The zero-order chi connectivity index (χ0) is 21.3. The molecular weight excluding hydrogens is 394 g/mol. The molecule has 0 bridgehead atoms. The number of aryl methyl sites for hydroxylation is 1. The number of anilines is 1. The predicted molar refractivity (Wildman–Crippen MR) is 109 cm³/mol. The predicted octanol–water partition coefficient (Wildman–Crippen LogP) is 2.71. The van der Waals surface area contributed by atoms with E-state index in [4.69, 9.17) is 4.74 Å². The van der Waals surface area contributed by atoms with Crippen molar-refractivity contribution in [1.82, 2.24) is 10.2 Å². The lowest BCUT2D eigenvalue weighted by Gasteiger charge is -2.22. The molecular formula is C20H27N3O5S. The zero-order valence-electron chi connectivity index (χ0n) is 17.2. The summed E-state index contributed by atoms with van der Waals surface area (Å²) in [7, 11) is 1.30. The summed E-state index contributed by atoms with van der Waals surface area (Å²) in [6.45, 7) is 5.39. The number of methoxy groups -OCH3 is 1. The third-order valence-electron chi connectivity index (χ3n) is 5.43. The highest BCUT2D eigenvalue weighted by Gasteiger charge is 2.48. The Bertz CT molecular complexity index is 863. The van der Waals surface area contributed by atoms with E-state index in [1.54, 1.807) is 6.92 Å². The summed E-state index contributed by atoms with van der Waals surface area (Å²) in [6.07, 6.45) is 3.90. The number of imide groups is 1. The van der Waals surface area contributed by atoms with E-state index >= 15 is 0 Å². The Hall–Kier alpha value is -2.42. The van der Waals surface area contributed by atoms with Crippen molar-refractivity contribution in [1.29, 1.82) is 0 Å². The highest BCUT2D eigenvalue weighted by molar-refractivity contribution is 7.17. The Morgan fingerprint density at radius 3 is 2.69 bits per heavy atom. The van der Waals surface area contributed by atoms with Gasteiger partial charge in [0.05, 0.1) is 12.7 Å². The molecule has 0 spiro atoms. The average Bonchev–Trinajstić information content (AvgIpc) is 3.28. The van der Waals surface area contributed by atoms with Crippen LogP contribution in [0.3, 0.4) is 0 Å². The van der Waals surface area contributed by atoms with Gasteiger partial charge in [-0.25, -0.2) is 9.59 Å². The van der Waals surface area contributed by atoms with Crippen LogP contribution >= 0.6 is 11.3 Å². The Labute approximate surface area is 174 Å². The quantitative estimate of drug-likeness (QED) is 0.520. The van der Waals surface area contributed by atoms with E-state index in [1.807, 2.05) is 13.8 Å². The van der Waals surface area contributed by atoms with Crippen molar-refractivity contribution in [2.45, 2.75) is 58.4 Å². The SMILES string of the molecule is COC(=O)c1c(NC(=O)CN2C(=O)NC(C)(CCC(C)C)C2=O)sc2c1CCC2. The van der Waals surface area contributed by atoms with Gasteiger partial charge in [-0.15, -0.1) is 11.3 Å². The van der Waals surface area contributed by atoms with Crippen LogP contribution in [-0.2, 0) is 27.2 Å². The van der Waals surface area contributed by atoms with Crippen LogP contribution in [0.1, 0.15) is 60.8 Å². The molecule has 1 aromatic rings. The van der Waals surface area contributed by atoms with Gasteiger partial charge in [0.2, 0.25) is 5.91 Å². The van der Waals surface area contributed by atoms with E-state index in [0.717, 1.165) is 41.0 Å². The molecule has 158 valence electrons. The molecule has 8 nitrogen and oxygen atoms in total. The number of nitrogens with zero attached hydrogens (tertiary/aromatic N) is 1. The van der Waals surface area contributed by atoms with E-state index in [2.05, 4.69) is 10.6 Å². The van der Waals surface area contributed by atoms with Crippen molar-refractivity contribution >= 4 is 40.2 Å². The van der Waals surface area contributed by atoms with Gasteiger partial charge < -0.3 is 15.4 Å². The minimum atomic E-state index is -0.997. The molecule has 0 aromatic carbocycles. The summed E-state index contributed by atoms with van der Waals surface area (Å²) < 4.78 is 4.87. The van der Waals surface area contributed by atoms with E-state index in [0.29, 0.717) is 22.9 Å². The van der Waals surface area contributed by atoms with Gasteiger partial charge in [-0.3, -0.25) is 14.5 Å². The molecule has 1 aliphatic heterocycles. The van der Waals surface area contributed by atoms with Crippen LogP contribution in [0.2, 0.25) is 0 Å². The lowest BCUT2D eigenvalue weighted by molar-refractivity contribution is -0.133. The van der Waals surface area contributed by atoms with Crippen LogP contribution < -0.4 is 10.6 Å². The molecule has 1 atom stereocenters. The molecule has 3 rings (SSSR count). The summed E-state index contributed by atoms with van der Waals surface area (Å²) in [6, 6.07) is -0.571. The molecule has 2 N–H and O–H groups in total. The lowest BCUT2D eigenvalue weighted by atomic mass is 9.92. The second-order valence-corrected chi connectivity index (χ2v) is 9.29. The molecule has 1 saturated heterocycles. The Morgan fingerprint density at radius 2 is 2.03 bits per heavy atom. The van der Waals surface area contributed by atoms with Crippen molar-refractivity contribution < 1.29 is 23.9 Å². The first-order valence-corrected chi connectivity index (χ1v) is 10.6. The number of fused-ring (bicyclic) bond motifs is 1. The van der Waals surface area contributed by atoms with Crippen LogP contribution in [0.4, 0.5) is 9.80 Å². The number of urea groups is 1. The molecule has 29 heavy (non-hydrogen) atoms. The number of ether oxygens (including phenoxy) is 1. The number of hydrogen-bond donors (Lipinski definition) is 2. The standard InChI is InChI=1S/C20H27N3O5S/c1-11(2)8-9-20(3)18(26)23(19(27)22-20)10-14(24)21-16-15(17(25)28-4)12-6-5-7-13(12)29-16/h11H,5-10H2,1-4H3,(H,21,24)(H,22,27). The van der Waals surface area contributed by atoms with Crippen molar-refractivity contribution in [3.8, 4) is 0 Å². The van der Waals surface area contributed by atoms with Crippen molar-refractivity contribution in [2.75, 3.05) is 19.0 Å². The van der Waals surface area contributed by atoms with Crippen molar-refractivity contribution in [3.63, 3.8) is 0 Å². The first-order valence-electron chi connectivity index (χ1n) is 9.83. The van der Waals surface area contributed by atoms with Gasteiger partial charge in [0.1, 0.15) is 17.1 Å². The molecule has 1 aromatic heterocycles. The highest BCUT2D eigenvalue weighted by Crippen LogP contribution is 2.39. The maximum Gasteiger partial charge on any atom is 0.341 e. The van der Waals surface area contributed by atoms with Gasteiger partial charge in [-0.2, -0.15) is 0 Å². The Balaban J connectivity index is 1.71. The van der Waals surface area contributed by atoms with E-state index in [1.165, 1.54) is 18.4 Å². The molecule has 9 heteroatoms. The second kappa shape index (κ2) is 8.14. The number of amides is 4. The molecule has 1 unspecified atom stereocenters.